The Hall–Kier alpha value is -2.14. The van der Waals surface area contributed by atoms with Gasteiger partial charge >= 0.3 is 5.97 Å². The van der Waals surface area contributed by atoms with Crippen molar-refractivity contribution in [2.45, 2.75) is 142 Å². The number of benzene rings is 1. The van der Waals surface area contributed by atoms with Crippen molar-refractivity contribution in [1.82, 2.24) is 4.90 Å². The fourth-order valence-corrected chi connectivity index (χ4v) is 6.04. The summed E-state index contributed by atoms with van der Waals surface area (Å²) < 4.78 is 7.39. The molecule has 2 aromatic rings. The first-order valence-corrected chi connectivity index (χ1v) is 16.7. The number of unbranched alkanes of at least 4 members (excludes halogenated alkanes) is 15. The number of ether oxygens (including phenoxy) is 1. The number of piperidine rings is 1. The number of aromatic nitrogens is 1. The maximum absolute atomic E-state index is 12.6. The van der Waals surface area contributed by atoms with Gasteiger partial charge in [0, 0.05) is 18.2 Å². The highest BCUT2D eigenvalue weighted by atomic mass is 16.5. The molecule has 0 radical (unpaired) electrons. The first-order chi connectivity index (χ1) is 19.7. The number of hydrogen-bond acceptors (Lipinski definition) is 4. The molecule has 5 heteroatoms. The SMILES string of the molecule is CCCCCCCCCCCCCCCCCCOC(=O)C[n+]1cccc2ccc(CN3CCCCC3)c(O)c21. The van der Waals surface area contributed by atoms with Gasteiger partial charge in [-0.25, -0.2) is 4.79 Å². The maximum atomic E-state index is 12.6. The van der Waals surface area contributed by atoms with E-state index in [0.717, 1.165) is 48.9 Å². The Morgan fingerprint density at radius 2 is 1.38 bits per heavy atom. The molecule has 224 valence electrons. The fourth-order valence-electron chi connectivity index (χ4n) is 6.04. The van der Waals surface area contributed by atoms with Crippen molar-refractivity contribution in [2.75, 3.05) is 19.7 Å². The van der Waals surface area contributed by atoms with Gasteiger partial charge in [0.05, 0.1) is 12.0 Å². The Balaban J connectivity index is 1.25. The molecule has 1 aliphatic heterocycles. The molecule has 0 bridgehead atoms. The summed E-state index contributed by atoms with van der Waals surface area (Å²) in [5, 5.41) is 12.0. The zero-order valence-corrected chi connectivity index (χ0v) is 25.5. The first-order valence-electron chi connectivity index (χ1n) is 16.7. The highest BCUT2D eigenvalue weighted by molar-refractivity contribution is 5.83. The molecule has 0 spiro atoms. The van der Waals surface area contributed by atoms with E-state index in [1.165, 1.54) is 109 Å². The molecule has 0 atom stereocenters. The molecule has 5 nitrogen and oxygen atoms in total. The molecule has 1 aromatic heterocycles. The maximum Gasteiger partial charge on any atom is 0.372 e. The second-order valence-corrected chi connectivity index (χ2v) is 12.0. The molecule has 0 saturated carbocycles. The number of likely N-dealkylation sites (tertiary alicyclic amines) is 1. The van der Waals surface area contributed by atoms with Gasteiger partial charge in [-0.15, -0.1) is 0 Å². The predicted molar refractivity (Wildman–Crippen MR) is 165 cm³/mol. The number of phenolic OH excluding ortho intramolecular Hbond substituents is 1. The summed E-state index contributed by atoms with van der Waals surface area (Å²) in [5.74, 6) is 0.0496. The molecule has 1 aromatic carbocycles. The van der Waals surface area contributed by atoms with Crippen LogP contribution in [0.3, 0.4) is 0 Å². The van der Waals surface area contributed by atoms with Crippen LogP contribution in [0.5, 0.6) is 5.75 Å². The minimum Gasteiger partial charge on any atom is -0.502 e. The van der Waals surface area contributed by atoms with Gasteiger partial charge < -0.3 is 9.84 Å². The zero-order valence-electron chi connectivity index (χ0n) is 25.5. The molecule has 3 rings (SSSR count). The summed E-state index contributed by atoms with van der Waals surface area (Å²) in [6.07, 6.45) is 26.9. The minimum absolute atomic E-state index is 0.122. The number of pyridine rings is 1. The molecule has 1 aliphatic rings. The van der Waals surface area contributed by atoms with E-state index in [1.54, 1.807) is 0 Å². The van der Waals surface area contributed by atoms with Gasteiger partial charge in [-0.05, 0) is 44.5 Å². The summed E-state index contributed by atoms with van der Waals surface area (Å²) in [6.45, 7) is 5.80. The predicted octanol–water partition coefficient (Wildman–Crippen LogP) is 8.62. The summed E-state index contributed by atoms with van der Waals surface area (Å²) in [4.78, 5) is 15.0. The third-order valence-electron chi connectivity index (χ3n) is 8.50. The molecular weight excluding hydrogens is 496 g/mol. The molecule has 40 heavy (non-hydrogen) atoms. The normalized spacial score (nSPS) is 14.1. The van der Waals surface area contributed by atoms with Crippen LogP contribution in [0, 0.1) is 0 Å². The van der Waals surface area contributed by atoms with Gasteiger partial charge in [0.25, 0.3) is 5.52 Å². The van der Waals surface area contributed by atoms with Gasteiger partial charge in [0.2, 0.25) is 6.54 Å². The van der Waals surface area contributed by atoms with Crippen molar-refractivity contribution in [3.63, 3.8) is 0 Å². The van der Waals surface area contributed by atoms with E-state index in [9.17, 15) is 9.90 Å². The van der Waals surface area contributed by atoms with Crippen molar-refractivity contribution in [1.29, 1.82) is 0 Å². The first kappa shape index (κ1) is 32.4. The molecule has 1 saturated heterocycles. The minimum atomic E-state index is -0.237. The van der Waals surface area contributed by atoms with Crippen LogP contribution >= 0.6 is 0 Å². The smallest absolute Gasteiger partial charge is 0.372 e. The number of fused-ring (bicyclic) bond motifs is 1. The van der Waals surface area contributed by atoms with E-state index in [0.29, 0.717) is 6.61 Å². The molecule has 0 aliphatic carbocycles. The second-order valence-electron chi connectivity index (χ2n) is 12.0. The average molecular weight is 554 g/mol. The van der Waals surface area contributed by atoms with Crippen LogP contribution in [0.4, 0.5) is 0 Å². The Kier molecular flexibility index (Phi) is 16.1. The lowest BCUT2D eigenvalue weighted by Crippen LogP contribution is -2.39. The third kappa shape index (κ3) is 12.2. The van der Waals surface area contributed by atoms with Gasteiger partial charge in [-0.2, -0.15) is 4.57 Å². The largest absolute Gasteiger partial charge is 0.502 e. The van der Waals surface area contributed by atoms with Crippen LogP contribution in [0.1, 0.15) is 134 Å². The van der Waals surface area contributed by atoms with E-state index in [2.05, 4.69) is 11.8 Å². The van der Waals surface area contributed by atoms with Crippen LogP contribution in [0.15, 0.2) is 30.5 Å². The second kappa shape index (κ2) is 19.9. The Morgan fingerprint density at radius 3 is 1.98 bits per heavy atom. The Labute approximate surface area is 244 Å². The molecule has 1 N–H and O–H groups in total. The number of aromatic hydroxyl groups is 1. The van der Waals surface area contributed by atoms with Gasteiger partial charge in [-0.3, -0.25) is 4.90 Å². The Bertz CT molecular complexity index is 971. The summed E-state index contributed by atoms with van der Waals surface area (Å²) in [6, 6.07) is 7.98. The Morgan fingerprint density at radius 1 is 0.800 bits per heavy atom. The van der Waals surface area contributed by atoms with E-state index in [1.807, 2.05) is 35.0 Å². The molecule has 1 fully saturated rings. The van der Waals surface area contributed by atoms with Crippen molar-refractivity contribution >= 4 is 16.9 Å². The number of phenols is 1. The third-order valence-corrected chi connectivity index (χ3v) is 8.50. The van der Waals surface area contributed by atoms with Crippen LogP contribution in [0.2, 0.25) is 0 Å². The lowest BCUT2D eigenvalue weighted by molar-refractivity contribution is -0.660. The quantitative estimate of drug-likeness (QED) is 0.0955. The fraction of sp³-hybridized carbons (Fsp3) is 0.714. The molecular formula is C35H57N2O3+. The average Bonchev–Trinajstić information content (AvgIpc) is 2.97. The van der Waals surface area contributed by atoms with E-state index in [-0.39, 0.29) is 18.3 Å². The van der Waals surface area contributed by atoms with Gasteiger partial charge in [0.1, 0.15) is 0 Å². The summed E-state index contributed by atoms with van der Waals surface area (Å²) in [5.41, 5.74) is 1.65. The standard InChI is InChI=1S/C35H56N2O3/c1-2-3-4-5-6-7-8-9-10-11-12-13-14-15-16-20-28-40-33(38)30-37-27-21-22-31-23-24-32(35(39)34(31)37)29-36-25-18-17-19-26-36/h21-24,27H,2-20,25-26,28-30H2,1H3/p+1. The van der Waals surface area contributed by atoms with Gasteiger partial charge in [0.15, 0.2) is 11.9 Å². The number of hydrogen-bond donors (Lipinski definition) is 1. The number of esters is 1. The van der Waals surface area contributed by atoms with Crippen LogP contribution < -0.4 is 4.57 Å². The zero-order chi connectivity index (χ0) is 28.3. The van der Waals surface area contributed by atoms with Crippen molar-refractivity contribution in [3.05, 3.63) is 36.0 Å². The number of rotatable bonds is 21. The summed E-state index contributed by atoms with van der Waals surface area (Å²) in [7, 11) is 0. The van der Waals surface area contributed by atoms with E-state index >= 15 is 0 Å². The van der Waals surface area contributed by atoms with Crippen LogP contribution in [0.25, 0.3) is 10.9 Å². The number of carbonyl (C=O) groups excluding carboxylic acids is 1. The van der Waals surface area contributed by atoms with Crippen molar-refractivity contribution in [2.24, 2.45) is 0 Å². The molecule has 2 heterocycles. The topological polar surface area (TPSA) is 53.7 Å². The molecule has 0 unspecified atom stereocenters. The highest BCUT2D eigenvalue weighted by Crippen LogP contribution is 2.28. The summed E-state index contributed by atoms with van der Waals surface area (Å²) >= 11 is 0. The highest BCUT2D eigenvalue weighted by Gasteiger charge is 2.21. The van der Waals surface area contributed by atoms with Gasteiger partial charge in [-0.1, -0.05) is 116 Å². The van der Waals surface area contributed by atoms with E-state index < -0.39 is 0 Å². The van der Waals surface area contributed by atoms with Crippen molar-refractivity contribution in [3.8, 4) is 5.75 Å². The van der Waals surface area contributed by atoms with E-state index in [4.69, 9.17) is 4.74 Å². The molecule has 0 amide bonds. The van der Waals surface area contributed by atoms with Crippen LogP contribution in [-0.4, -0.2) is 35.7 Å². The number of nitrogens with zero attached hydrogens (tertiary/aromatic N) is 2. The van der Waals surface area contributed by atoms with Crippen LogP contribution in [-0.2, 0) is 22.6 Å². The number of carbonyl (C=O) groups is 1. The van der Waals surface area contributed by atoms with Crippen molar-refractivity contribution < 1.29 is 19.2 Å². The lowest BCUT2D eigenvalue weighted by Gasteiger charge is -2.26. The monoisotopic (exact) mass is 553 g/mol. The lowest BCUT2D eigenvalue weighted by atomic mass is 10.0.